The number of unbranched alkanes of at least 4 members (excludes halogenated alkanes) is 3. The Labute approximate surface area is 493 Å². The molecule has 0 heterocycles. The number of halogens is 3. The van der Waals surface area contributed by atoms with Crippen LogP contribution in [0.4, 0.5) is 0 Å². The third kappa shape index (κ3) is 165. The predicted octanol–water partition coefficient (Wildman–Crippen LogP) is 19.6. The van der Waals surface area contributed by atoms with Gasteiger partial charge >= 0.3 is 102 Å². The van der Waals surface area contributed by atoms with Gasteiger partial charge in [-0.15, -0.1) is 0 Å². The quantitative estimate of drug-likeness (QED) is 0.0476. The monoisotopic (exact) mass is 1640 g/mol. The minimum Gasteiger partial charge on any atom is -0.679 e. The van der Waals surface area contributed by atoms with Gasteiger partial charge in [0.05, 0.1) is 49.9 Å². The van der Waals surface area contributed by atoms with E-state index in [9.17, 15) is 14.4 Å². The van der Waals surface area contributed by atoms with E-state index in [-0.39, 0.29) is 78.2 Å². The summed E-state index contributed by atoms with van der Waals surface area (Å²) in [5.74, 6) is -0.220. The third-order valence-corrected chi connectivity index (χ3v) is 6.32. The molecule has 0 aromatic heterocycles. The zero-order valence-electron chi connectivity index (χ0n) is 44.5. The summed E-state index contributed by atoms with van der Waals surface area (Å²) in [5.41, 5.74) is 38.0. The topological polar surface area (TPSA) is 293 Å². The first kappa shape index (κ1) is 111. The second-order valence-corrected chi connectivity index (χ2v) is 13.6. The molecule has 0 atom stereocenters. The first-order chi connectivity index (χ1) is 33.3. The van der Waals surface area contributed by atoms with E-state index < -0.39 is 0 Å². The van der Waals surface area contributed by atoms with Crippen LogP contribution in [0.25, 0.3) is 34.4 Å². The largest absolute Gasteiger partial charge is 0.679 e. The van der Waals surface area contributed by atoms with Gasteiger partial charge in [-0.05, 0) is 51.4 Å². The summed E-state index contributed by atoms with van der Waals surface area (Å²) >= 11 is 4.83. The SMILES string of the molecule is C.C.C.CCC.CCC.CCC.CCCC(=O)OCCCC#N.CCCC(CCC)C(=O)OCCCC#N.CCCC(CCC)C(=O)OCCCC#N.[Cl][Pt].[Cl][Pt].[Cl][Pt].[NH-]CCC[NH-].[NH-]CC[NH-].[NH-]CC[NH-]. The second-order valence-electron chi connectivity index (χ2n) is 13.6. The number of nitrogens with one attached hydrogen (secondary N) is 6. The van der Waals surface area contributed by atoms with Crippen molar-refractivity contribution in [3.05, 3.63) is 34.4 Å². The number of ether oxygens (including phenoxy) is 3. The molecule has 0 aliphatic carbocycles. The van der Waals surface area contributed by atoms with Crippen LogP contribution in [-0.2, 0) is 84.9 Å². The molecule has 0 radical (unpaired) electrons. The molecule has 0 aromatic rings. The fraction of sp³-hybridized carbons (Fsp3) is 0.882. The minimum atomic E-state index is -0.162. The normalized spacial score (nSPS) is 7.96. The first-order valence-electron chi connectivity index (χ1n) is 24.1. The fourth-order valence-corrected chi connectivity index (χ4v) is 3.74. The van der Waals surface area contributed by atoms with Crippen LogP contribution in [-0.4, -0.2) is 77.0 Å². The van der Waals surface area contributed by atoms with Crippen LogP contribution in [0.5, 0.6) is 0 Å². The molecule has 0 aliphatic heterocycles. The molecular weight excluding hydrogens is 1530 g/mol. The van der Waals surface area contributed by atoms with E-state index in [1.54, 1.807) is 56.3 Å². The summed E-state index contributed by atoms with van der Waals surface area (Å²) in [5, 5.41) is 24.8. The van der Waals surface area contributed by atoms with Gasteiger partial charge in [-0.3, -0.25) is 14.4 Å². The van der Waals surface area contributed by atoms with E-state index in [2.05, 4.69) is 97.5 Å². The Hall–Kier alpha value is -0.425. The van der Waals surface area contributed by atoms with E-state index in [0.717, 1.165) is 64.2 Å². The fourth-order valence-electron chi connectivity index (χ4n) is 3.74. The van der Waals surface area contributed by atoms with Gasteiger partial charge in [-0.2, -0.15) is 55.1 Å². The van der Waals surface area contributed by atoms with Crippen LogP contribution in [0.15, 0.2) is 0 Å². The van der Waals surface area contributed by atoms with Crippen molar-refractivity contribution >= 4 is 46.2 Å². The number of carbonyl (C=O) groups is 3. The van der Waals surface area contributed by atoms with Crippen LogP contribution in [0, 0.1) is 45.8 Å². The van der Waals surface area contributed by atoms with Crippen molar-refractivity contribution in [2.75, 3.05) is 59.1 Å². The molecule has 72 heavy (non-hydrogen) atoms. The first-order valence-corrected chi connectivity index (χ1v) is 32.6. The molecule has 453 valence electrons. The molecule has 0 saturated carbocycles. The summed E-state index contributed by atoms with van der Waals surface area (Å²) in [6.45, 7) is 25.9. The van der Waals surface area contributed by atoms with Gasteiger partial charge in [-0.1, -0.05) is 150 Å². The van der Waals surface area contributed by atoms with Crippen LogP contribution in [0.2, 0.25) is 0 Å². The van der Waals surface area contributed by atoms with Crippen LogP contribution in [0.1, 0.15) is 227 Å². The van der Waals surface area contributed by atoms with Gasteiger partial charge in [0.15, 0.2) is 0 Å². The van der Waals surface area contributed by atoms with E-state index in [0.29, 0.717) is 77.9 Å². The van der Waals surface area contributed by atoms with Gasteiger partial charge in [0.2, 0.25) is 0 Å². The van der Waals surface area contributed by atoms with E-state index in [1.807, 2.05) is 25.1 Å². The number of carbonyl (C=O) groups excluding carboxylic acids is 3. The zero-order valence-corrected chi connectivity index (χ0v) is 53.6. The van der Waals surface area contributed by atoms with Crippen molar-refractivity contribution in [3.63, 3.8) is 0 Å². The molecule has 0 bridgehead atoms. The van der Waals surface area contributed by atoms with E-state index >= 15 is 0 Å². The van der Waals surface area contributed by atoms with E-state index in [4.69, 9.17) is 64.4 Å². The van der Waals surface area contributed by atoms with Gasteiger partial charge in [0, 0.05) is 25.7 Å². The number of hydrogen-bond acceptors (Lipinski definition) is 9. The molecule has 0 aliphatic rings. The summed E-state index contributed by atoms with van der Waals surface area (Å²) in [6.07, 6.45) is 16.8. The summed E-state index contributed by atoms with van der Waals surface area (Å²) in [4.78, 5) is 33.9. The standard InChI is InChI=1S/2C12H21NO2.C8H13NO2.C3H8N2.3C3H8.2C2H6N2.3CH4.3ClH.3Pt/c2*1-3-7-11(8-4-2)12(14)15-10-6-5-9-13;1-2-5-8(10)11-7-4-3-6-9;4-2-1-3-5;3*1-3-2;2*3-1-2-4;;;;;;;;;/h2*11H,3-8,10H2,1-2H3;2-5,7H2,1H3;4-5H,1-3H2;3*3H2,1-2H3;2*3-4H,1-2H2;3*1H4;3*1H;;;/q;;;-2;;;;2*-2;;;;;;;3*+1/p-3. The molecule has 0 fully saturated rings. The summed E-state index contributed by atoms with van der Waals surface area (Å²) in [6, 6.07) is 6.04. The van der Waals surface area contributed by atoms with Crippen LogP contribution < -0.4 is 0 Å². The maximum atomic E-state index is 11.6. The molecular formula is C51H111Cl3N9O6Pt3-6. The van der Waals surface area contributed by atoms with Crippen molar-refractivity contribution in [2.45, 2.75) is 227 Å². The van der Waals surface area contributed by atoms with Crippen molar-refractivity contribution in [2.24, 2.45) is 11.8 Å². The van der Waals surface area contributed by atoms with Gasteiger partial charge in [0.1, 0.15) is 0 Å². The van der Waals surface area contributed by atoms with Crippen LogP contribution in [0.3, 0.4) is 0 Å². The molecule has 0 rings (SSSR count). The molecule has 0 spiro atoms. The molecule has 0 amide bonds. The van der Waals surface area contributed by atoms with Gasteiger partial charge in [-0.25, -0.2) is 0 Å². The Balaban J connectivity index is -0.0000000409. The summed E-state index contributed by atoms with van der Waals surface area (Å²) in [7, 11) is 13.8. The number of esters is 3. The summed E-state index contributed by atoms with van der Waals surface area (Å²) < 4.78 is 15.0. The number of rotatable bonds is 25. The molecule has 0 aromatic carbocycles. The molecule has 0 unspecified atom stereocenters. The van der Waals surface area contributed by atoms with E-state index in [1.165, 1.54) is 19.3 Å². The average molecular weight is 1640 g/mol. The maximum Gasteiger partial charge on any atom is -0.0916 e. The van der Waals surface area contributed by atoms with Crippen molar-refractivity contribution in [1.29, 1.82) is 15.8 Å². The van der Waals surface area contributed by atoms with Gasteiger partial charge in [0.25, 0.3) is 0 Å². The van der Waals surface area contributed by atoms with Crippen LogP contribution >= 0.6 is 28.3 Å². The number of nitriles is 3. The number of hydrogen-bond donors (Lipinski definition) is 0. The van der Waals surface area contributed by atoms with Crippen molar-refractivity contribution in [3.8, 4) is 18.2 Å². The second kappa shape index (κ2) is 139. The third-order valence-electron chi connectivity index (χ3n) is 6.32. The average Bonchev–Trinajstić information content (AvgIpc) is 3.36. The predicted molar refractivity (Wildman–Crippen MR) is 304 cm³/mol. The Morgan fingerprint density at radius 2 is 0.639 bits per heavy atom. The Bertz CT molecular complexity index is 907. The Kier molecular flexibility index (Phi) is 215. The minimum absolute atomic E-state index is 0. The van der Waals surface area contributed by atoms with Crippen molar-refractivity contribution < 1.29 is 84.9 Å². The Morgan fingerprint density at radius 3 is 0.792 bits per heavy atom. The molecule has 0 saturated heterocycles. The molecule has 21 heteroatoms. The van der Waals surface area contributed by atoms with Gasteiger partial charge < -0.3 is 48.6 Å². The molecule has 6 N–H and O–H groups in total. The Morgan fingerprint density at radius 1 is 0.417 bits per heavy atom. The van der Waals surface area contributed by atoms with Crippen molar-refractivity contribution in [1.82, 2.24) is 0 Å². The zero-order chi connectivity index (χ0) is 56.6. The smallest absolute Gasteiger partial charge is 0.0916 e. The molecule has 15 nitrogen and oxygen atoms in total. The number of nitrogens with zero attached hydrogens (tertiary/aromatic N) is 3. The maximum absolute atomic E-state index is 11.6.